The maximum Gasteiger partial charge on any atom is 0.171 e. The molecule has 0 bridgehead atoms. The Morgan fingerprint density at radius 2 is 1.72 bits per heavy atom. The third-order valence-corrected chi connectivity index (χ3v) is 3.22. The lowest BCUT2D eigenvalue weighted by molar-refractivity contribution is 0.1000. The van der Waals surface area contributed by atoms with Gasteiger partial charge >= 0.3 is 0 Å². The molecule has 2 aromatic carbocycles. The Labute approximate surface area is 110 Å². The van der Waals surface area contributed by atoms with Crippen LogP contribution in [-0.4, -0.2) is 11.5 Å². The molecule has 0 saturated heterocycles. The molecule has 3 rings (SSSR count). The van der Waals surface area contributed by atoms with E-state index in [2.05, 4.69) is 4.99 Å². The van der Waals surface area contributed by atoms with E-state index in [1.165, 1.54) is 0 Å². The van der Waals surface area contributed by atoms with Crippen molar-refractivity contribution in [3.05, 3.63) is 64.7 Å². The van der Waals surface area contributed by atoms with E-state index >= 15 is 0 Å². The van der Waals surface area contributed by atoms with Crippen LogP contribution in [0.2, 0.25) is 5.02 Å². The predicted molar refractivity (Wildman–Crippen MR) is 73.0 cm³/mol. The number of aliphatic imine (C=N–C) groups is 1. The van der Waals surface area contributed by atoms with E-state index in [1.807, 2.05) is 48.5 Å². The first-order valence-corrected chi connectivity index (χ1v) is 6.07. The molecule has 0 unspecified atom stereocenters. The molecular formula is C15H10ClNO. The SMILES string of the molecule is O=C1CC(c2ccc(Cl)cc2)=Nc2ccccc21. The van der Waals surface area contributed by atoms with E-state index in [0.29, 0.717) is 17.0 Å². The normalized spacial score (nSPS) is 14.1. The molecule has 0 aliphatic carbocycles. The predicted octanol–water partition coefficient (Wildman–Crippen LogP) is 4.05. The van der Waals surface area contributed by atoms with Crippen molar-refractivity contribution in [3.63, 3.8) is 0 Å². The summed E-state index contributed by atoms with van der Waals surface area (Å²) < 4.78 is 0. The molecule has 0 spiro atoms. The Kier molecular flexibility index (Phi) is 2.73. The first-order valence-electron chi connectivity index (χ1n) is 5.70. The third-order valence-electron chi connectivity index (χ3n) is 2.97. The molecule has 2 aromatic rings. The van der Waals surface area contributed by atoms with Crippen LogP contribution in [0.1, 0.15) is 22.3 Å². The van der Waals surface area contributed by atoms with E-state index < -0.39 is 0 Å². The molecule has 88 valence electrons. The second kappa shape index (κ2) is 4.39. The van der Waals surface area contributed by atoms with Crippen LogP contribution in [0, 0.1) is 0 Å². The average molecular weight is 256 g/mol. The van der Waals surface area contributed by atoms with Crippen LogP contribution in [0.3, 0.4) is 0 Å². The first-order chi connectivity index (χ1) is 8.74. The summed E-state index contributed by atoms with van der Waals surface area (Å²) in [6, 6.07) is 14.8. The molecule has 2 nitrogen and oxygen atoms in total. The minimum atomic E-state index is 0.116. The monoisotopic (exact) mass is 255 g/mol. The number of carbonyl (C=O) groups excluding carboxylic acids is 1. The number of halogens is 1. The van der Waals surface area contributed by atoms with Gasteiger partial charge in [-0.3, -0.25) is 9.79 Å². The Morgan fingerprint density at radius 3 is 2.50 bits per heavy atom. The zero-order valence-electron chi connectivity index (χ0n) is 9.56. The quantitative estimate of drug-likeness (QED) is 0.756. The number of Topliss-reactive ketones (excluding diaryl/α,β-unsaturated/α-hetero) is 1. The van der Waals surface area contributed by atoms with Crippen LogP contribution < -0.4 is 0 Å². The van der Waals surface area contributed by atoms with Gasteiger partial charge in [0.05, 0.1) is 17.8 Å². The van der Waals surface area contributed by atoms with Crippen LogP contribution in [0.15, 0.2) is 53.5 Å². The van der Waals surface area contributed by atoms with E-state index in [-0.39, 0.29) is 5.78 Å². The van der Waals surface area contributed by atoms with E-state index in [1.54, 1.807) is 0 Å². The summed E-state index contributed by atoms with van der Waals surface area (Å²) in [7, 11) is 0. The van der Waals surface area contributed by atoms with Crippen molar-refractivity contribution in [1.29, 1.82) is 0 Å². The fourth-order valence-corrected chi connectivity index (χ4v) is 2.17. The fraction of sp³-hybridized carbons (Fsp3) is 0.0667. The van der Waals surface area contributed by atoms with Gasteiger partial charge in [0, 0.05) is 10.6 Å². The van der Waals surface area contributed by atoms with Crippen molar-refractivity contribution in [2.45, 2.75) is 6.42 Å². The molecule has 1 heterocycles. The van der Waals surface area contributed by atoms with Crippen molar-refractivity contribution in [3.8, 4) is 0 Å². The maximum absolute atomic E-state index is 12.0. The zero-order valence-corrected chi connectivity index (χ0v) is 10.3. The number of fused-ring (bicyclic) bond motifs is 1. The number of benzene rings is 2. The van der Waals surface area contributed by atoms with E-state index in [0.717, 1.165) is 17.0 Å². The van der Waals surface area contributed by atoms with Crippen molar-refractivity contribution in [1.82, 2.24) is 0 Å². The molecule has 0 saturated carbocycles. The zero-order chi connectivity index (χ0) is 12.5. The number of rotatable bonds is 1. The van der Waals surface area contributed by atoms with Crippen molar-refractivity contribution in [2.24, 2.45) is 4.99 Å². The molecule has 3 heteroatoms. The van der Waals surface area contributed by atoms with Crippen LogP contribution in [0.5, 0.6) is 0 Å². The molecule has 1 aliphatic rings. The maximum atomic E-state index is 12.0. The number of para-hydroxylation sites is 1. The van der Waals surface area contributed by atoms with Crippen molar-refractivity contribution in [2.75, 3.05) is 0 Å². The number of hydrogen-bond donors (Lipinski definition) is 0. The van der Waals surface area contributed by atoms with Gasteiger partial charge in [-0.2, -0.15) is 0 Å². The van der Waals surface area contributed by atoms with E-state index in [9.17, 15) is 4.79 Å². The van der Waals surface area contributed by atoms with Crippen LogP contribution in [0.4, 0.5) is 5.69 Å². The highest BCUT2D eigenvalue weighted by molar-refractivity contribution is 6.30. The van der Waals surface area contributed by atoms with Gasteiger partial charge in [0.25, 0.3) is 0 Å². The van der Waals surface area contributed by atoms with Gasteiger partial charge in [-0.25, -0.2) is 0 Å². The Morgan fingerprint density at radius 1 is 1.00 bits per heavy atom. The molecule has 0 amide bonds. The Bertz CT molecular complexity index is 644. The highest BCUT2D eigenvalue weighted by Crippen LogP contribution is 2.27. The minimum Gasteiger partial charge on any atom is -0.294 e. The van der Waals surface area contributed by atoms with Crippen molar-refractivity contribution >= 4 is 28.8 Å². The van der Waals surface area contributed by atoms with Gasteiger partial charge in [0.1, 0.15) is 0 Å². The highest BCUT2D eigenvalue weighted by Gasteiger charge is 2.20. The minimum absolute atomic E-state index is 0.116. The summed E-state index contributed by atoms with van der Waals surface area (Å²) in [6.45, 7) is 0. The summed E-state index contributed by atoms with van der Waals surface area (Å²) in [4.78, 5) is 16.6. The average Bonchev–Trinajstić information content (AvgIpc) is 2.39. The highest BCUT2D eigenvalue weighted by atomic mass is 35.5. The van der Waals surface area contributed by atoms with Crippen LogP contribution >= 0.6 is 11.6 Å². The lowest BCUT2D eigenvalue weighted by atomic mass is 9.96. The summed E-state index contributed by atoms with van der Waals surface area (Å²) in [5, 5.41) is 0.682. The van der Waals surface area contributed by atoms with Gasteiger partial charge in [-0.15, -0.1) is 0 Å². The summed E-state index contributed by atoms with van der Waals surface area (Å²) >= 11 is 5.85. The summed E-state index contributed by atoms with van der Waals surface area (Å²) in [5.74, 6) is 0.116. The third kappa shape index (κ3) is 1.95. The van der Waals surface area contributed by atoms with Gasteiger partial charge in [0.15, 0.2) is 5.78 Å². The van der Waals surface area contributed by atoms with Gasteiger partial charge < -0.3 is 0 Å². The molecule has 0 N–H and O–H groups in total. The molecule has 0 aromatic heterocycles. The Hall–Kier alpha value is -1.93. The fourth-order valence-electron chi connectivity index (χ4n) is 2.05. The summed E-state index contributed by atoms with van der Waals surface area (Å²) in [6.07, 6.45) is 0.346. The molecule has 1 aliphatic heterocycles. The molecule has 18 heavy (non-hydrogen) atoms. The number of carbonyl (C=O) groups is 1. The van der Waals surface area contributed by atoms with E-state index in [4.69, 9.17) is 11.6 Å². The molecule has 0 radical (unpaired) electrons. The largest absolute Gasteiger partial charge is 0.294 e. The van der Waals surface area contributed by atoms with Crippen molar-refractivity contribution < 1.29 is 4.79 Å². The lowest BCUT2D eigenvalue weighted by Gasteiger charge is -2.14. The van der Waals surface area contributed by atoms with Crippen LogP contribution in [-0.2, 0) is 0 Å². The molecule has 0 fully saturated rings. The lowest BCUT2D eigenvalue weighted by Crippen LogP contribution is -2.14. The number of hydrogen-bond acceptors (Lipinski definition) is 2. The van der Waals surface area contributed by atoms with Crippen LogP contribution in [0.25, 0.3) is 0 Å². The smallest absolute Gasteiger partial charge is 0.171 e. The first kappa shape index (κ1) is 11.2. The standard InChI is InChI=1S/C15H10ClNO/c16-11-7-5-10(6-8-11)14-9-15(18)12-3-1-2-4-13(12)17-14/h1-8H,9H2. The second-order valence-electron chi connectivity index (χ2n) is 4.18. The summed E-state index contributed by atoms with van der Waals surface area (Å²) in [5.41, 5.74) is 3.20. The Balaban J connectivity index is 2.08. The van der Waals surface area contributed by atoms with Gasteiger partial charge in [-0.05, 0) is 29.8 Å². The number of nitrogens with zero attached hydrogens (tertiary/aromatic N) is 1. The van der Waals surface area contributed by atoms with Gasteiger partial charge in [0.2, 0.25) is 0 Å². The molecular weight excluding hydrogens is 246 g/mol. The topological polar surface area (TPSA) is 29.4 Å². The van der Waals surface area contributed by atoms with Gasteiger partial charge in [-0.1, -0.05) is 35.9 Å². The second-order valence-corrected chi connectivity index (χ2v) is 4.62. The number of ketones is 1. The molecule has 0 atom stereocenters.